The van der Waals surface area contributed by atoms with E-state index in [0.29, 0.717) is 12.8 Å². The van der Waals surface area contributed by atoms with Crippen LogP contribution in [0.15, 0.2) is 0 Å². The van der Waals surface area contributed by atoms with Crippen LogP contribution in [0.3, 0.4) is 0 Å². The summed E-state index contributed by atoms with van der Waals surface area (Å²) in [5, 5.41) is 173. The maximum atomic E-state index is 14.1. The molecule has 0 bridgehead atoms. The van der Waals surface area contributed by atoms with E-state index < -0.39 is 191 Å². The third-order valence-electron chi connectivity index (χ3n) is 18.8. The van der Waals surface area contributed by atoms with Gasteiger partial charge in [-0.1, -0.05) is 181 Å². The molecule has 32 heteroatoms. The zero-order valence-corrected chi connectivity index (χ0v) is 61.1. The maximum absolute atomic E-state index is 14.1. The van der Waals surface area contributed by atoms with E-state index >= 15 is 0 Å². The molecule has 2 unspecified atom stereocenters. The molecule has 0 aromatic carbocycles. The highest BCUT2D eigenvalue weighted by atomic mass is 16.7. The third kappa shape index (κ3) is 38.1. The van der Waals surface area contributed by atoms with Crippen molar-refractivity contribution >= 4 is 35.6 Å². The number of hydrogen-bond acceptors (Lipinski definition) is 28. The molecule has 19 N–H and O–H groups in total. The third-order valence-corrected chi connectivity index (χ3v) is 18.8. The van der Waals surface area contributed by atoms with Crippen molar-refractivity contribution in [2.75, 3.05) is 65.8 Å². The number of carbonyl (C=O) groups excluding carboxylic acids is 6. The summed E-state index contributed by atoms with van der Waals surface area (Å²) in [7, 11) is 0. The molecule has 4 amide bonds. The lowest BCUT2D eigenvalue weighted by molar-refractivity contribution is -0.326. The van der Waals surface area contributed by atoms with Crippen LogP contribution in [-0.2, 0) is 57.2 Å². The average Bonchev–Trinajstić information content (AvgIpc) is 0.811. The van der Waals surface area contributed by atoms with Gasteiger partial charge in [0.25, 0.3) is 11.8 Å². The lowest BCUT2D eigenvalue weighted by Crippen LogP contribution is -2.62. The van der Waals surface area contributed by atoms with Gasteiger partial charge in [0.2, 0.25) is 11.8 Å². The normalized spacial score (nSPS) is 23.3. The largest absolute Gasteiger partial charge is 0.466 e. The zero-order valence-electron chi connectivity index (χ0n) is 61.1. The van der Waals surface area contributed by atoms with Crippen LogP contribution < -0.4 is 16.0 Å². The van der Waals surface area contributed by atoms with Gasteiger partial charge >= 0.3 is 11.9 Å². The minimum Gasteiger partial charge on any atom is -0.466 e. The van der Waals surface area contributed by atoms with Crippen LogP contribution in [-0.4, -0.2) is 304 Å². The Morgan fingerprint density at radius 1 is 0.427 bits per heavy atom. The number of nitrogens with one attached hydrogen (secondary N) is 3. The standard InChI is InChI=1S/C71H132N4O28/c1-3-5-7-9-11-13-15-17-19-21-23-25-27-29-41-98-54(84)36-33-47(69(97)99-42-30-28-26-24-22-20-18-16-14-12-10-8-6-4-2)74-52(82)34-35-53(83)75(39-31-37-72-67(95)61(91)59(89)65(48(80)43-76)102-70-63(93)57(87)55(85)50(45-78)100-70)40-32-38-73-68(96)62(92)60(90)66(49(81)44-77)103-71-64(94)58(88)56(86)51(46-79)101-71/h47-51,55-66,70-71,76-81,85-94H,3-46H2,1-2H3,(H,72,95)(H,73,96)(H,74,82)/t47-,48+,49+,50+,51+,55+,56+,57-,58-,59+,60+,61+,62+,63+,64+,65+,66+,70?,71?/m0/s1. The molecule has 0 radical (unpaired) electrons. The van der Waals surface area contributed by atoms with Crippen LogP contribution in [0.1, 0.15) is 232 Å². The highest BCUT2D eigenvalue weighted by Gasteiger charge is 2.49. The molecule has 103 heavy (non-hydrogen) atoms. The lowest BCUT2D eigenvalue weighted by Gasteiger charge is -2.42. The van der Waals surface area contributed by atoms with Crippen molar-refractivity contribution in [2.45, 2.75) is 348 Å². The quantitative estimate of drug-likeness (QED) is 0.0268. The van der Waals surface area contributed by atoms with E-state index in [0.717, 1.165) is 51.4 Å². The number of hydrogen-bond donors (Lipinski definition) is 19. The van der Waals surface area contributed by atoms with Gasteiger partial charge in [-0.15, -0.1) is 0 Å². The molecule has 2 aliphatic heterocycles. The van der Waals surface area contributed by atoms with Crippen LogP contribution in [0.4, 0.5) is 0 Å². The summed E-state index contributed by atoms with van der Waals surface area (Å²) in [6, 6.07) is -1.29. The van der Waals surface area contributed by atoms with Gasteiger partial charge in [0.05, 0.1) is 39.6 Å². The summed E-state index contributed by atoms with van der Waals surface area (Å²) >= 11 is 0. The molecule has 2 heterocycles. The molecular weight excluding hydrogens is 1360 g/mol. The van der Waals surface area contributed by atoms with Gasteiger partial charge < -0.3 is 131 Å². The van der Waals surface area contributed by atoms with Gasteiger partial charge in [0, 0.05) is 45.4 Å². The van der Waals surface area contributed by atoms with Gasteiger partial charge in [0.15, 0.2) is 24.8 Å². The molecule has 2 aliphatic rings. The number of nitrogens with zero attached hydrogens (tertiary/aromatic N) is 1. The molecule has 604 valence electrons. The minimum absolute atomic E-state index is 0.0703. The van der Waals surface area contributed by atoms with E-state index in [9.17, 15) is 110 Å². The zero-order chi connectivity index (χ0) is 76.5. The SMILES string of the molecule is CCCCCCCCCCCCCCCCOC(=O)CC[C@H](NC(=O)CCC(=O)N(CCCNC(=O)[C@H](O)[C@@H](O)[C@H](OC1O[C@H](CO)[C@@H](O)[C@H](O)[C@H]1O)[C@H](O)CO)CCCNC(=O)[C@H](O)[C@@H](O)[C@H](OC1O[C@H](CO)[C@@H](O)[C@H](O)[C@H]1O)[C@H](O)CO)C(=O)OCCCCCCCCCCCCCCCC. The number of carbonyl (C=O) groups is 6. The number of amides is 4. The first-order valence-electron chi connectivity index (χ1n) is 38.1. The maximum Gasteiger partial charge on any atom is 0.328 e. The van der Waals surface area contributed by atoms with E-state index in [1.54, 1.807) is 0 Å². The first kappa shape index (κ1) is 95.1. The van der Waals surface area contributed by atoms with Crippen molar-refractivity contribution in [3.63, 3.8) is 0 Å². The smallest absolute Gasteiger partial charge is 0.328 e. The number of ether oxygens (including phenoxy) is 6. The van der Waals surface area contributed by atoms with E-state index in [1.807, 2.05) is 0 Å². The highest BCUT2D eigenvalue weighted by molar-refractivity contribution is 5.88. The lowest BCUT2D eigenvalue weighted by atomic mass is 9.98. The number of aliphatic hydroxyl groups is 16. The van der Waals surface area contributed by atoms with Crippen LogP contribution in [0.5, 0.6) is 0 Å². The minimum atomic E-state index is -2.43. The highest BCUT2D eigenvalue weighted by Crippen LogP contribution is 2.28. The van der Waals surface area contributed by atoms with Gasteiger partial charge in [-0.3, -0.25) is 24.0 Å². The molecule has 0 spiro atoms. The van der Waals surface area contributed by atoms with Gasteiger partial charge in [-0.2, -0.15) is 0 Å². The number of esters is 2. The monoisotopic (exact) mass is 1490 g/mol. The number of rotatable bonds is 62. The second-order valence-electron chi connectivity index (χ2n) is 27.4. The summed E-state index contributed by atoms with van der Waals surface area (Å²) in [5.74, 6) is -5.35. The number of unbranched alkanes of at least 4 members (excludes halogenated alkanes) is 26. The summed E-state index contributed by atoms with van der Waals surface area (Å²) in [6.45, 7) is -0.459. The second-order valence-corrected chi connectivity index (χ2v) is 27.4. The summed E-state index contributed by atoms with van der Waals surface area (Å²) in [5.41, 5.74) is 0. The summed E-state index contributed by atoms with van der Waals surface area (Å²) < 4.78 is 32.4. The first-order valence-corrected chi connectivity index (χ1v) is 38.1. The first-order chi connectivity index (χ1) is 49.4. The van der Waals surface area contributed by atoms with Crippen LogP contribution >= 0.6 is 0 Å². The summed E-state index contributed by atoms with van der Waals surface area (Å²) in [6.07, 6.45) is -6.16. The van der Waals surface area contributed by atoms with Crippen molar-refractivity contribution in [2.24, 2.45) is 0 Å². The molecule has 19 atom stereocenters. The molecule has 2 saturated heterocycles. The Morgan fingerprint density at radius 3 is 1.13 bits per heavy atom. The van der Waals surface area contributed by atoms with E-state index in [4.69, 9.17) is 28.4 Å². The van der Waals surface area contributed by atoms with E-state index in [1.165, 1.54) is 120 Å². The van der Waals surface area contributed by atoms with Gasteiger partial charge in [-0.25, -0.2) is 4.79 Å². The van der Waals surface area contributed by atoms with Gasteiger partial charge in [-0.05, 0) is 32.1 Å². The molecule has 0 aromatic heterocycles. The molecule has 2 fully saturated rings. The van der Waals surface area contributed by atoms with E-state index in [2.05, 4.69) is 29.8 Å². The van der Waals surface area contributed by atoms with Gasteiger partial charge in [0.1, 0.15) is 91.5 Å². The van der Waals surface area contributed by atoms with E-state index in [-0.39, 0.29) is 65.1 Å². The van der Waals surface area contributed by atoms with Crippen molar-refractivity contribution in [3.05, 3.63) is 0 Å². The molecule has 0 aliphatic carbocycles. The van der Waals surface area contributed by atoms with Crippen molar-refractivity contribution < 1.29 is 139 Å². The summed E-state index contributed by atoms with van der Waals surface area (Å²) in [4.78, 5) is 82.1. The fraction of sp³-hybridized carbons (Fsp3) is 0.915. The van der Waals surface area contributed by atoms with Crippen molar-refractivity contribution in [3.8, 4) is 0 Å². The average molecular weight is 1490 g/mol. The Kier molecular flexibility index (Phi) is 52.8. The molecule has 2 rings (SSSR count). The van der Waals surface area contributed by atoms with Crippen LogP contribution in [0, 0.1) is 0 Å². The second kappa shape index (κ2) is 57.2. The van der Waals surface area contributed by atoms with Crippen LogP contribution in [0.2, 0.25) is 0 Å². The Labute approximate surface area is 607 Å². The Morgan fingerprint density at radius 2 is 0.777 bits per heavy atom. The Bertz CT molecular complexity index is 2150. The fourth-order valence-corrected chi connectivity index (χ4v) is 12.2. The molecular formula is C71H132N4O28. The molecule has 0 aromatic rings. The molecule has 0 saturated carbocycles. The Balaban J connectivity index is 2.19. The Hall–Kier alpha value is -3.98. The predicted molar refractivity (Wildman–Crippen MR) is 372 cm³/mol. The predicted octanol–water partition coefficient (Wildman–Crippen LogP) is -0.558. The number of aliphatic hydroxyl groups excluding tert-OH is 16. The topological polar surface area (TPSA) is 521 Å². The van der Waals surface area contributed by atoms with Crippen molar-refractivity contribution in [1.29, 1.82) is 0 Å². The van der Waals surface area contributed by atoms with Crippen LogP contribution in [0.25, 0.3) is 0 Å². The fourth-order valence-electron chi connectivity index (χ4n) is 12.2. The molecule has 32 nitrogen and oxygen atoms in total. The van der Waals surface area contributed by atoms with Crippen molar-refractivity contribution in [1.82, 2.24) is 20.9 Å².